The first-order valence-electron chi connectivity index (χ1n) is 5.92. The topological polar surface area (TPSA) is 101 Å². The van der Waals surface area contributed by atoms with Crippen molar-refractivity contribution in [2.75, 3.05) is 5.75 Å². The second kappa shape index (κ2) is 5.26. The maximum absolute atomic E-state index is 11.8. The third-order valence-electron chi connectivity index (χ3n) is 3.33. The molecule has 104 valence electrons. The second-order valence-corrected chi connectivity index (χ2v) is 7.66. The maximum atomic E-state index is 11.8. The number of carbonyl (C=O) groups excluding carboxylic acids is 1. The first-order chi connectivity index (χ1) is 8.17. The molecule has 0 aromatic carbocycles. The molecule has 0 aromatic heterocycles. The molecule has 18 heavy (non-hydrogen) atoms. The van der Waals surface area contributed by atoms with E-state index in [-0.39, 0.29) is 6.04 Å². The van der Waals surface area contributed by atoms with Gasteiger partial charge in [0.2, 0.25) is 5.91 Å². The molecule has 1 aliphatic carbocycles. The Kier molecular flexibility index (Phi) is 4.37. The minimum atomic E-state index is -4.01. The third-order valence-corrected chi connectivity index (χ3v) is 5.71. The van der Waals surface area contributed by atoms with Crippen LogP contribution < -0.4 is 5.32 Å². The van der Waals surface area contributed by atoms with Crippen LogP contribution in [0.3, 0.4) is 0 Å². The highest BCUT2D eigenvalue weighted by Gasteiger charge is 2.43. The normalized spacial score (nSPS) is 17.7. The lowest BCUT2D eigenvalue weighted by Gasteiger charge is -2.20. The van der Waals surface area contributed by atoms with Crippen molar-refractivity contribution < 1.29 is 23.1 Å². The van der Waals surface area contributed by atoms with Crippen LogP contribution in [0.15, 0.2) is 0 Å². The van der Waals surface area contributed by atoms with Crippen molar-refractivity contribution in [1.29, 1.82) is 0 Å². The smallest absolute Gasteiger partial charge is 0.324 e. The molecule has 0 atom stereocenters. The zero-order valence-corrected chi connectivity index (χ0v) is 11.4. The Morgan fingerprint density at radius 1 is 1.28 bits per heavy atom. The average molecular weight is 277 g/mol. The number of carboxylic acid groups (broad SMARTS) is 1. The molecule has 0 heterocycles. The van der Waals surface area contributed by atoms with Gasteiger partial charge < -0.3 is 10.4 Å². The standard InChI is InChI=1S/C11H19NO5S/c1-11(2,10(14)15)18(16,17)7-9(13)12-8-5-3-4-6-8/h8H,3-7H2,1-2H3,(H,12,13)(H,14,15). The maximum Gasteiger partial charge on any atom is 0.324 e. The van der Waals surface area contributed by atoms with E-state index in [4.69, 9.17) is 5.11 Å². The Morgan fingerprint density at radius 2 is 1.78 bits per heavy atom. The van der Waals surface area contributed by atoms with E-state index >= 15 is 0 Å². The number of amides is 1. The van der Waals surface area contributed by atoms with Crippen molar-refractivity contribution in [3.05, 3.63) is 0 Å². The monoisotopic (exact) mass is 277 g/mol. The Balaban J connectivity index is 2.65. The van der Waals surface area contributed by atoms with Gasteiger partial charge in [0.05, 0.1) is 0 Å². The summed E-state index contributed by atoms with van der Waals surface area (Å²) in [6.45, 7) is 2.18. The van der Waals surface area contributed by atoms with E-state index in [1.54, 1.807) is 0 Å². The molecular formula is C11H19NO5S. The summed E-state index contributed by atoms with van der Waals surface area (Å²) in [4.78, 5) is 22.5. The van der Waals surface area contributed by atoms with Gasteiger partial charge in [-0.1, -0.05) is 12.8 Å². The van der Waals surface area contributed by atoms with Crippen LogP contribution in [0.5, 0.6) is 0 Å². The first kappa shape index (κ1) is 14.9. The van der Waals surface area contributed by atoms with Crippen molar-refractivity contribution >= 4 is 21.7 Å². The van der Waals surface area contributed by atoms with Gasteiger partial charge >= 0.3 is 5.97 Å². The molecule has 1 aliphatic rings. The lowest BCUT2D eigenvalue weighted by Crippen LogP contribution is -2.46. The fourth-order valence-electron chi connectivity index (χ4n) is 1.83. The molecule has 1 rings (SSSR count). The fraction of sp³-hybridized carbons (Fsp3) is 0.818. The molecule has 2 N–H and O–H groups in total. The van der Waals surface area contributed by atoms with E-state index in [0.29, 0.717) is 0 Å². The van der Waals surface area contributed by atoms with Gasteiger partial charge in [-0.2, -0.15) is 0 Å². The van der Waals surface area contributed by atoms with Gasteiger partial charge in [-0.25, -0.2) is 8.42 Å². The van der Waals surface area contributed by atoms with E-state index in [9.17, 15) is 18.0 Å². The molecule has 0 aromatic rings. The van der Waals surface area contributed by atoms with Crippen LogP contribution in [-0.2, 0) is 19.4 Å². The van der Waals surface area contributed by atoms with Crippen molar-refractivity contribution in [3.8, 4) is 0 Å². The molecule has 7 heteroatoms. The van der Waals surface area contributed by atoms with E-state index in [0.717, 1.165) is 39.5 Å². The molecule has 0 aliphatic heterocycles. The Labute approximate surface area is 107 Å². The largest absolute Gasteiger partial charge is 0.480 e. The van der Waals surface area contributed by atoms with Crippen molar-refractivity contribution in [1.82, 2.24) is 5.32 Å². The Morgan fingerprint density at radius 3 is 2.22 bits per heavy atom. The second-order valence-electron chi connectivity index (χ2n) is 5.12. The van der Waals surface area contributed by atoms with E-state index in [1.165, 1.54) is 0 Å². The lowest BCUT2D eigenvalue weighted by molar-refractivity contribution is -0.139. The molecule has 0 radical (unpaired) electrons. The quantitative estimate of drug-likeness (QED) is 0.754. The number of aliphatic carboxylic acids is 1. The van der Waals surface area contributed by atoms with Crippen molar-refractivity contribution in [2.24, 2.45) is 0 Å². The highest BCUT2D eigenvalue weighted by Crippen LogP contribution is 2.19. The molecule has 0 unspecified atom stereocenters. The SMILES string of the molecule is CC(C)(C(=O)O)S(=O)(=O)CC(=O)NC1CCCC1. The molecule has 1 saturated carbocycles. The number of rotatable bonds is 5. The summed E-state index contributed by atoms with van der Waals surface area (Å²) in [7, 11) is -4.01. The van der Waals surface area contributed by atoms with Crippen LogP contribution in [0.25, 0.3) is 0 Å². The summed E-state index contributed by atoms with van der Waals surface area (Å²) in [5.74, 6) is -2.84. The average Bonchev–Trinajstić information content (AvgIpc) is 2.68. The molecule has 6 nitrogen and oxygen atoms in total. The molecule has 1 amide bonds. The van der Waals surface area contributed by atoms with Crippen LogP contribution in [0.4, 0.5) is 0 Å². The van der Waals surface area contributed by atoms with Crippen LogP contribution in [0.2, 0.25) is 0 Å². The molecule has 0 spiro atoms. The summed E-state index contributed by atoms with van der Waals surface area (Å²) >= 11 is 0. The van der Waals surface area contributed by atoms with Crippen LogP contribution in [-0.4, -0.2) is 41.9 Å². The van der Waals surface area contributed by atoms with Gasteiger partial charge in [-0.3, -0.25) is 9.59 Å². The predicted molar refractivity (Wildman–Crippen MR) is 65.9 cm³/mol. The number of hydrogen-bond acceptors (Lipinski definition) is 4. The Hall–Kier alpha value is -1.11. The zero-order chi connectivity index (χ0) is 14.0. The van der Waals surface area contributed by atoms with E-state index < -0.39 is 32.2 Å². The minimum Gasteiger partial charge on any atom is -0.480 e. The highest BCUT2D eigenvalue weighted by molar-refractivity contribution is 7.94. The van der Waals surface area contributed by atoms with Gasteiger partial charge in [0.15, 0.2) is 14.6 Å². The third kappa shape index (κ3) is 3.22. The molecular weight excluding hydrogens is 258 g/mol. The number of carbonyl (C=O) groups is 2. The fourth-order valence-corrected chi connectivity index (χ4v) is 2.88. The number of sulfone groups is 1. The van der Waals surface area contributed by atoms with Crippen molar-refractivity contribution in [2.45, 2.75) is 50.3 Å². The van der Waals surface area contributed by atoms with Crippen LogP contribution in [0.1, 0.15) is 39.5 Å². The van der Waals surface area contributed by atoms with E-state index in [2.05, 4.69) is 5.32 Å². The number of nitrogens with one attached hydrogen (secondary N) is 1. The molecule has 0 bridgehead atoms. The molecule has 1 fully saturated rings. The summed E-state index contributed by atoms with van der Waals surface area (Å²) < 4.78 is 21.7. The van der Waals surface area contributed by atoms with Gasteiger partial charge in [-0.15, -0.1) is 0 Å². The van der Waals surface area contributed by atoms with Gasteiger partial charge in [-0.05, 0) is 26.7 Å². The van der Waals surface area contributed by atoms with Gasteiger partial charge in [0, 0.05) is 6.04 Å². The number of hydrogen-bond donors (Lipinski definition) is 2. The summed E-state index contributed by atoms with van der Waals surface area (Å²) in [5, 5.41) is 11.5. The highest BCUT2D eigenvalue weighted by atomic mass is 32.2. The van der Waals surface area contributed by atoms with Gasteiger partial charge in [0.25, 0.3) is 0 Å². The van der Waals surface area contributed by atoms with Crippen molar-refractivity contribution in [3.63, 3.8) is 0 Å². The summed E-state index contributed by atoms with van der Waals surface area (Å²) in [6, 6.07) is 0.0284. The lowest BCUT2D eigenvalue weighted by atomic mass is 10.2. The predicted octanol–water partition coefficient (Wildman–Crippen LogP) is 0.323. The minimum absolute atomic E-state index is 0.0284. The van der Waals surface area contributed by atoms with Crippen LogP contribution >= 0.6 is 0 Å². The zero-order valence-electron chi connectivity index (χ0n) is 10.6. The summed E-state index contributed by atoms with van der Waals surface area (Å²) in [6.07, 6.45) is 3.76. The molecule has 0 saturated heterocycles. The number of carboxylic acids is 1. The van der Waals surface area contributed by atoms with Gasteiger partial charge in [0.1, 0.15) is 5.75 Å². The van der Waals surface area contributed by atoms with Crippen LogP contribution in [0, 0.1) is 0 Å². The summed E-state index contributed by atoms with van der Waals surface area (Å²) in [5.41, 5.74) is 0. The Bertz CT molecular complexity index is 434. The first-order valence-corrected chi connectivity index (χ1v) is 7.57. The van der Waals surface area contributed by atoms with E-state index in [1.807, 2.05) is 0 Å².